The molecule has 0 aliphatic heterocycles. The van der Waals surface area contributed by atoms with Gasteiger partial charge in [0.2, 0.25) is 0 Å². The topological polar surface area (TPSA) is 50.9 Å². The van der Waals surface area contributed by atoms with Crippen LogP contribution < -0.4 is 0 Å². The summed E-state index contributed by atoms with van der Waals surface area (Å²) in [6, 6.07) is 0. The molecule has 50 valence electrons. The molecule has 4 heteroatoms. The van der Waals surface area contributed by atoms with Crippen molar-refractivity contribution in [3.05, 3.63) is 11.9 Å². The largest absolute Gasteiger partial charge is 0.394 e. The van der Waals surface area contributed by atoms with E-state index in [9.17, 15) is 0 Å². The van der Waals surface area contributed by atoms with Crippen LogP contribution in [0.25, 0.3) is 0 Å². The predicted octanol–water partition coefficient (Wildman–Crippen LogP) is -0.421. The molecule has 1 aromatic rings. The van der Waals surface area contributed by atoms with Gasteiger partial charge in [-0.05, 0) is 6.92 Å². The van der Waals surface area contributed by atoms with E-state index in [1.165, 1.54) is 0 Å². The second-order valence-electron chi connectivity index (χ2n) is 1.85. The zero-order valence-electron chi connectivity index (χ0n) is 5.28. The first-order valence-electron chi connectivity index (χ1n) is 2.80. The normalized spacial score (nSPS) is 10.0. The van der Waals surface area contributed by atoms with E-state index < -0.39 is 0 Å². The minimum Gasteiger partial charge on any atom is -0.394 e. The molecular weight excluding hydrogens is 118 g/mol. The molecule has 0 aliphatic rings. The van der Waals surface area contributed by atoms with Gasteiger partial charge in [-0.15, -0.1) is 5.10 Å². The van der Waals surface area contributed by atoms with Gasteiger partial charge in [-0.3, -0.25) is 0 Å². The van der Waals surface area contributed by atoms with E-state index >= 15 is 0 Å². The molecular formula is C5H9N3O. The molecule has 9 heavy (non-hydrogen) atoms. The van der Waals surface area contributed by atoms with Crippen molar-refractivity contribution < 1.29 is 5.11 Å². The van der Waals surface area contributed by atoms with Gasteiger partial charge in [0.15, 0.2) is 0 Å². The van der Waals surface area contributed by atoms with Crippen molar-refractivity contribution in [1.29, 1.82) is 0 Å². The van der Waals surface area contributed by atoms with Crippen LogP contribution in [-0.4, -0.2) is 26.7 Å². The Labute approximate surface area is 53.1 Å². The number of nitrogens with zero attached hydrogens (tertiary/aromatic N) is 3. The standard InChI is InChI=1S/C5H9N3O/c1-5-4-8(2-3-9)7-6-5/h4,9H,2-3H2,1H3. The van der Waals surface area contributed by atoms with Gasteiger partial charge in [0.1, 0.15) is 0 Å². The third kappa shape index (κ3) is 1.50. The Morgan fingerprint density at radius 3 is 3.00 bits per heavy atom. The zero-order valence-corrected chi connectivity index (χ0v) is 5.28. The highest BCUT2D eigenvalue weighted by molar-refractivity contribution is 4.86. The molecule has 4 nitrogen and oxygen atoms in total. The Kier molecular flexibility index (Phi) is 1.79. The van der Waals surface area contributed by atoms with E-state index in [2.05, 4.69) is 10.3 Å². The summed E-state index contributed by atoms with van der Waals surface area (Å²) in [5.74, 6) is 0. The van der Waals surface area contributed by atoms with E-state index in [-0.39, 0.29) is 6.61 Å². The maximum atomic E-state index is 8.44. The fourth-order valence-electron chi connectivity index (χ4n) is 0.607. The summed E-state index contributed by atoms with van der Waals surface area (Å²) < 4.78 is 1.61. The molecule has 0 bridgehead atoms. The fourth-order valence-corrected chi connectivity index (χ4v) is 0.607. The van der Waals surface area contributed by atoms with E-state index in [4.69, 9.17) is 5.11 Å². The SMILES string of the molecule is Cc1cn(CCO)nn1. The first kappa shape index (κ1) is 6.22. The maximum absolute atomic E-state index is 8.44. The van der Waals surface area contributed by atoms with Crippen LogP contribution in [0.15, 0.2) is 6.20 Å². The highest BCUT2D eigenvalue weighted by atomic mass is 16.3. The summed E-state index contributed by atoms with van der Waals surface area (Å²) >= 11 is 0. The highest BCUT2D eigenvalue weighted by Crippen LogP contribution is 1.87. The van der Waals surface area contributed by atoms with Gasteiger partial charge in [0, 0.05) is 6.20 Å². The molecule has 0 saturated heterocycles. The molecule has 0 aliphatic carbocycles. The lowest BCUT2D eigenvalue weighted by molar-refractivity contribution is 0.268. The van der Waals surface area contributed by atoms with Gasteiger partial charge in [-0.2, -0.15) is 0 Å². The molecule has 0 unspecified atom stereocenters. The molecule has 1 aromatic heterocycles. The van der Waals surface area contributed by atoms with E-state index in [1.807, 2.05) is 6.92 Å². The number of rotatable bonds is 2. The van der Waals surface area contributed by atoms with Gasteiger partial charge >= 0.3 is 0 Å². The van der Waals surface area contributed by atoms with E-state index in [0.29, 0.717) is 6.54 Å². The molecule has 1 N–H and O–H groups in total. The third-order valence-electron chi connectivity index (χ3n) is 0.982. The van der Waals surface area contributed by atoms with E-state index in [0.717, 1.165) is 5.69 Å². The van der Waals surface area contributed by atoms with Gasteiger partial charge in [0.05, 0.1) is 18.8 Å². The quantitative estimate of drug-likeness (QED) is 0.587. The molecule has 0 spiro atoms. The van der Waals surface area contributed by atoms with Crippen LogP contribution in [0.5, 0.6) is 0 Å². The van der Waals surface area contributed by atoms with Crippen molar-refractivity contribution in [2.24, 2.45) is 0 Å². The summed E-state index contributed by atoms with van der Waals surface area (Å²) in [5.41, 5.74) is 0.878. The Hall–Kier alpha value is -0.900. The molecule has 0 radical (unpaired) electrons. The summed E-state index contributed by atoms with van der Waals surface area (Å²) in [4.78, 5) is 0. The number of hydrogen-bond donors (Lipinski definition) is 1. The van der Waals surface area contributed by atoms with Crippen molar-refractivity contribution in [2.45, 2.75) is 13.5 Å². The Bertz CT molecular complexity index is 184. The first-order valence-corrected chi connectivity index (χ1v) is 2.80. The summed E-state index contributed by atoms with van der Waals surface area (Å²) in [6.45, 7) is 2.50. The minimum atomic E-state index is 0.114. The highest BCUT2D eigenvalue weighted by Gasteiger charge is 1.91. The first-order chi connectivity index (χ1) is 4.33. The lowest BCUT2D eigenvalue weighted by Crippen LogP contribution is -2.01. The number of aliphatic hydroxyl groups excluding tert-OH is 1. The van der Waals surface area contributed by atoms with Crippen LogP contribution in [0.4, 0.5) is 0 Å². The van der Waals surface area contributed by atoms with Crippen molar-refractivity contribution in [1.82, 2.24) is 15.0 Å². The fraction of sp³-hybridized carbons (Fsp3) is 0.600. The monoisotopic (exact) mass is 127 g/mol. The van der Waals surface area contributed by atoms with Crippen molar-refractivity contribution in [3.63, 3.8) is 0 Å². The van der Waals surface area contributed by atoms with Crippen molar-refractivity contribution in [2.75, 3.05) is 6.61 Å². The molecule has 0 amide bonds. The summed E-state index contributed by atoms with van der Waals surface area (Å²) in [5, 5.41) is 15.9. The smallest absolute Gasteiger partial charge is 0.0796 e. The Morgan fingerprint density at radius 1 is 1.78 bits per heavy atom. The average molecular weight is 127 g/mol. The van der Waals surface area contributed by atoms with Crippen LogP contribution in [-0.2, 0) is 6.54 Å². The van der Waals surface area contributed by atoms with Gasteiger partial charge in [-0.1, -0.05) is 5.21 Å². The maximum Gasteiger partial charge on any atom is 0.0796 e. The summed E-state index contributed by atoms with van der Waals surface area (Å²) in [6.07, 6.45) is 1.79. The van der Waals surface area contributed by atoms with Crippen LogP contribution in [0, 0.1) is 6.92 Å². The van der Waals surface area contributed by atoms with Gasteiger partial charge < -0.3 is 5.11 Å². The third-order valence-corrected chi connectivity index (χ3v) is 0.982. The second-order valence-corrected chi connectivity index (χ2v) is 1.85. The van der Waals surface area contributed by atoms with Gasteiger partial charge in [0.25, 0.3) is 0 Å². The van der Waals surface area contributed by atoms with Crippen molar-refractivity contribution >= 4 is 0 Å². The predicted molar refractivity (Wildman–Crippen MR) is 31.8 cm³/mol. The van der Waals surface area contributed by atoms with Crippen LogP contribution in [0.2, 0.25) is 0 Å². The van der Waals surface area contributed by atoms with Crippen LogP contribution in [0.3, 0.4) is 0 Å². The summed E-state index contributed by atoms with van der Waals surface area (Å²) in [7, 11) is 0. The van der Waals surface area contributed by atoms with E-state index in [1.54, 1.807) is 10.9 Å². The molecule has 0 aromatic carbocycles. The van der Waals surface area contributed by atoms with Crippen molar-refractivity contribution in [3.8, 4) is 0 Å². The number of aliphatic hydroxyl groups is 1. The Morgan fingerprint density at radius 2 is 2.56 bits per heavy atom. The zero-order chi connectivity index (χ0) is 6.69. The lowest BCUT2D eigenvalue weighted by Gasteiger charge is -1.90. The minimum absolute atomic E-state index is 0.114. The number of aryl methyl sites for hydroxylation is 1. The number of hydrogen-bond acceptors (Lipinski definition) is 3. The Balaban J connectivity index is 2.61. The van der Waals surface area contributed by atoms with Crippen LogP contribution in [0.1, 0.15) is 5.69 Å². The molecule has 0 fully saturated rings. The molecule has 1 heterocycles. The average Bonchev–Trinajstić information content (AvgIpc) is 2.17. The lowest BCUT2D eigenvalue weighted by atomic mass is 10.5. The molecule has 1 rings (SSSR count). The molecule has 0 atom stereocenters. The number of aromatic nitrogens is 3. The molecule has 0 saturated carbocycles. The second kappa shape index (κ2) is 2.59. The van der Waals surface area contributed by atoms with Gasteiger partial charge in [-0.25, -0.2) is 4.68 Å². The van der Waals surface area contributed by atoms with Crippen LogP contribution >= 0.6 is 0 Å².